The number of para-hydroxylation sites is 2. The third kappa shape index (κ3) is 8.59. The van der Waals surface area contributed by atoms with Crippen molar-refractivity contribution >= 4 is 59.3 Å². The quantitative estimate of drug-likeness (QED) is 0.121. The molecule has 2 aliphatic heterocycles. The lowest BCUT2D eigenvalue weighted by Crippen LogP contribution is -2.41. The van der Waals surface area contributed by atoms with Crippen LogP contribution < -0.4 is 20.7 Å². The summed E-state index contributed by atoms with van der Waals surface area (Å²) in [6.45, 7) is 16.7. The van der Waals surface area contributed by atoms with Crippen LogP contribution in [0.4, 0.5) is 34.1 Å². The van der Waals surface area contributed by atoms with Crippen molar-refractivity contribution in [3.05, 3.63) is 206 Å². The topological polar surface area (TPSA) is 43.4 Å². The van der Waals surface area contributed by atoms with Crippen molar-refractivity contribution in [1.29, 1.82) is 0 Å². The highest BCUT2D eigenvalue weighted by molar-refractivity contribution is 6.62. The van der Waals surface area contributed by atoms with Crippen LogP contribution in [0.5, 0.6) is 0 Å². The fourth-order valence-corrected chi connectivity index (χ4v) is 9.04. The zero-order chi connectivity index (χ0) is 47.3. The highest BCUT2D eigenvalue weighted by Gasteiger charge is 2.52. The molecule has 0 amide bonds. The van der Waals surface area contributed by atoms with Gasteiger partial charge in [0.15, 0.2) is 0 Å². The van der Waals surface area contributed by atoms with Gasteiger partial charge in [-0.25, -0.2) is 0 Å². The van der Waals surface area contributed by atoms with Gasteiger partial charge in [-0.1, -0.05) is 146 Å². The second kappa shape index (κ2) is 17.8. The number of hydrogen-bond acceptors (Lipinski definition) is 6. The normalized spacial score (nSPS) is 16.7. The lowest BCUT2D eigenvalue weighted by atomic mass is 9.79. The standard InChI is InChI=1S/C60H58B2N2O4/c1-57(2)58(3,4)66-61(65-57)47-31-39-51(40-32-47)63(55-25-17-15-23-53(55)45-19-11-9-12-20-45)49-35-27-43(28-36-49)44-29-37-50(38-30-44)64(56-26-18-16-24-54(56)46-21-13-10-14-22-46)52-41-33-48(34-42-52)62-67-59(5,6)60(7,8)68-62/h9-42H,1-8H3. The molecule has 2 aliphatic rings. The fraction of sp³-hybridized carbons (Fsp3) is 0.200. The molecule has 0 unspecified atom stereocenters. The number of hydrogen-bond donors (Lipinski definition) is 0. The summed E-state index contributed by atoms with van der Waals surface area (Å²) < 4.78 is 25.7. The van der Waals surface area contributed by atoms with Crippen molar-refractivity contribution in [2.45, 2.75) is 77.8 Å². The first-order valence-electron chi connectivity index (χ1n) is 23.7. The minimum atomic E-state index is -0.441. The number of benzene rings is 8. The summed E-state index contributed by atoms with van der Waals surface area (Å²) in [5.74, 6) is 0. The van der Waals surface area contributed by atoms with E-state index >= 15 is 0 Å². The Balaban J connectivity index is 0.988. The molecule has 0 saturated carbocycles. The Kier molecular flexibility index (Phi) is 11.8. The lowest BCUT2D eigenvalue weighted by Gasteiger charge is -2.32. The van der Waals surface area contributed by atoms with Crippen LogP contribution in [0.1, 0.15) is 55.4 Å². The Bertz CT molecular complexity index is 2770. The highest BCUT2D eigenvalue weighted by Crippen LogP contribution is 2.44. The van der Waals surface area contributed by atoms with Crippen LogP contribution in [0, 0.1) is 0 Å². The van der Waals surface area contributed by atoms with E-state index in [4.69, 9.17) is 18.6 Å². The van der Waals surface area contributed by atoms with Gasteiger partial charge in [-0.3, -0.25) is 0 Å². The van der Waals surface area contributed by atoms with E-state index in [0.717, 1.165) is 78.4 Å². The van der Waals surface area contributed by atoms with Crippen molar-refractivity contribution in [2.24, 2.45) is 0 Å². The molecule has 0 aromatic heterocycles. The first-order chi connectivity index (χ1) is 32.7. The molecule has 2 saturated heterocycles. The fourth-order valence-electron chi connectivity index (χ4n) is 9.04. The van der Waals surface area contributed by atoms with E-state index in [0.29, 0.717) is 0 Å². The van der Waals surface area contributed by atoms with E-state index in [2.05, 4.69) is 271 Å². The third-order valence-electron chi connectivity index (χ3n) is 14.4. The molecule has 0 aliphatic carbocycles. The number of anilines is 6. The summed E-state index contributed by atoms with van der Waals surface area (Å²) in [7, 11) is -0.882. The average Bonchev–Trinajstić information content (AvgIpc) is 3.72. The molecule has 2 fully saturated rings. The van der Waals surface area contributed by atoms with E-state index in [-0.39, 0.29) is 0 Å². The predicted octanol–water partition coefficient (Wildman–Crippen LogP) is 14.2. The molecule has 68 heavy (non-hydrogen) atoms. The van der Waals surface area contributed by atoms with Crippen molar-refractivity contribution in [1.82, 2.24) is 0 Å². The molecule has 8 aromatic carbocycles. The van der Waals surface area contributed by atoms with Crippen LogP contribution in [0.15, 0.2) is 206 Å². The maximum atomic E-state index is 6.43. The van der Waals surface area contributed by atoms with Gasteiger partial charge in [0.1, 0.15) is 0 Å². The van der Waals surface area contributed by atoms with E-state index < -0.39 is 36.6 Å². The van der Waals surface area contributed by atoms with Gasteiger partial charge in [0, 0.05) is 33.9 Å². The Labute approximate surface area is 403 Å². The molecule has 0 bridgehead atoms. The first-order valence-corrected chi connectivity index (χ1v) is 23.7. The zero-order valence-corrected chi connectivity index (χ0v) is 40.3. The zero-order valence-electron chi connectivity index (χ0n) is 40.3. The van der Waals surface area contributed by atoms with Crippen LogP contribution in [-0.4, -0.2) is 36.6 Å². The SMILES string of the molecule is CC1(C)OB(c2ccc(N(c3ccc(-c4ccc(N(c5ccc(B6OC(C)(C)C(C)(C)O6)cc5)c5ccccc5-c5ccccc5)cc4)cc3)c3ccccc3-c3ccccc3)cc2)OC1(C)C. The van der Waals surface area contributed by atoms with Gasteiger partial charge in [-0.2, -0.15) is 0 Å². The second-order valence-corrected chi connectivity index (χ2v) is 19.9. The van der Waals surface area contributed by atoms with Gasteiger partial charge >= 0.3 is 14.2 Å². The van der Waals surface area contributed by atoms with Crippen LogP contribution in [0.3, 0.4) is 0 Å². The molecule has 338 valence electrons. The summed E-state index contributed by atoms with van der Waals surface area (Å²) in [6.07, 6.45) is 0. The van der Waals surface area contributed by atoms with Gasteiger partial charge in [-0.05, 0) is 149 Å². The Hall–Kier alpha value is -6.67. The average molecular weight is 893 g/mol. The highest BCUT2D eigenvalue weighted by atomic mass is 16.7. The van der Waals surface area contributed by atoms with Gasteiger partial charge in [0.2, 0.25) is 0 Å². The Morgan fingerprint density at radius 2 is 0.544 bits per heavy atom. The molecule has 0 N–H and O–H groups in total. The molecule has 0 spiro atoms. The Morgan fingerprint density at radius 1 is 0.279 bits per heavy atom. The molecule has 10 rings (SSSR count). The molecular formula is C60H58B2N2O4. The minimum Gasteiger partial charge on any atom is -0.399 e. The molecular weight excluding hydrogens is 834 g/mol. The van der Waals surface area contributed by atoms with Crippen molar-refractivity contribution < 1.29 is 18.6 Å². The van der Waals surface area contributed by atoms with E-state index in [1.165, 1.54) is 0 Å². The summed E-state index contributed by atoms with van der Waals surface area (Å²) >= 11 is 0. The molecule has 8 aromatic rings. The maximum Gasteiger partial charge on any atom is 0.494 e. The van der Waals surface area contributed by atoms with Gasteiger partial charge in [-0.15, -0.1) is 0 Å². The van der Waals surface area contributed by atoms with E-state index in [1.807, 2.05) is 0 Å². The maximum absolute atomic E-state index is 6.43. The number of nitrogens with zero attached hydrogens (tertiary/aromatic N) is 2. The summed E-state index contributed by atoms with van der Waals surface area (Å²) in [5.41, 5.74) is 13.4. The van der Waals surface area contributed by atoms with Crippen molar-refractivity contribution in [3.63, 3.8) is 0 Å². The predicted molar refractivity (Wildman–Crippen MR) is 284 cm³/mol. The summed E-state index contributed by atoms with van der Waals surface area (Å²) in [4.78, 5) is 4.67. The first kappa shape index (κ1) is 45.1. The lowest BCUT2D eigenvalue weighted by molar-refractivity contribution is 0.00578. The third-order valence-corrected chi connectivity index (χ3v) is 14.4. The van der Waals surface area contributed by atoms with Gasteiger partial charge in [0.05, 0.1) is 33.8 Å². The molecule has 8 heteroatoms. The number of rotatable bonds is 11. The smallest absolute Gasteiger partial charge is 0.399 e. The summed E-state index contributed by atoms with van der Waals surface area (Å²) in [5, 5.41) is 0. The van der Waals surface area contributed by atoms with Crippen LogP contribution in [0.25, 0.3) is 33.4 Å². The van der Waals surface area contributed by atoms with Crippen LogP contribution >= 0.6 is 0 Å². The van der Waals surface area contributed by atoms with Gasteiger partial charge < -0.3 is 28.4 Å². The minimum absolute atomic E-state index is 0.421. The largest absolute Gasteiger partial charge is 0.494 e. The van der Waals surface area contributed by atoms with E-state index in [1.54, 1.807) is 0 Å². The monoisotopic (exact) mass is 892 g/mol. The molecule has 2 heterocycles. The van der Waals surface area contributed by atoms with Crippen LogP contribution in [-0.2, 0) is 18.6 Å². The Morgan fingerprint density at radius 3 is 0.853 bits per heavy atom. The molecule has 6 nitrogen and oxygen atoms in total. The second-order valence-electron chi connectivity index (χ2n) is 19.9. The van der Waals surface area contributed by atoms with Gasteiger partial charge in [0.25, 0.3) is 0 Å². The van der Waals surface area contributed by atoms with Crippen molar-refractivity contribution in [2.75, 3.05) is 9.80 Å². The van der Waals surface area contributed by atoms with Crippen LogP contribution in [0.2, 0.25) is 0 Å². The molecule has 0 radical (unpaired) electrons. The summed E-state index contributed by atoms with van der Waals surface area (Å²) in [6, 6.07) is 73.3. The van der Waals surface area contributed by atoms with E-state index in [9.17, 15) is 0 Å². The van der Waals surface area contributed by atoms with Crippen molar-refractivity contribution in [3.8, 4) is 33.4 Å². The molecule has 0 atom stereocenters.